The Hall–Kier alpha value is -5.57. The highest BCUT2D eigenvalue weighted by Gasteiger charge is 2.33. The van der Waals surface area contributed by atoms with Crippen LogP contribution < -0.4 is 14.8 Å². The lowest BCUT2D eigenvalue weighted by molar-refractivity contribution is 0.0694. The first-order valence-electron chi connectivity index (χ1n) is 14.6. The molecule has 1 unspecified atom stereocenters. The standard InChI is InChI=1S/C35H30N4O5/c40-32-14-12-29-22-31(32)34(41)36-16-2-20-43-27-9-5-23(6-10-27)33-30-13-11-28(44-29)21-25(30)15-19-38(33)35(42)24-3-7-26(8-4-24)39-18-1-17-37-39/h1,3-14,17-18,21-22,33,40H,2,15-16,19-20H2,(H,36,41). The molecule has 5 aromatic rings. The molecule has 4 aliphatic heterocycles. The number of benzene rings is 4. The van der Waals surface area contributed by atoms with Gasteiger partial charge in [-0.05, 0) is 102 Å². The number of fused-ring (bicyclic) bond motifs is 1. The first-order valence-corrected chi connectivity index (χ1v) is 14.6. The van der Waals surface area contributed by atoms with Gasteiger partial charge < -0.3 is 24.8 Å². The lowest BCUT2D eigenvalue weighted by Gasteiger charge is -2.38. The number of nitrogens with zero attached hydrogens (tertiary/aromatic N) is 3. The van der Waals surface area contributed by atoms with Crippen molar-refractivity contribution in [2.75, 3.05) is 19.7 Å². The summed E-state index contributed by atoms with van der Waals surface area (Å²) in [6.45, 7) is 1.30. The van der Waals surface area contributed by atoms with Crippen LogP contribution in [0.1, 0.15) is 49.9 Å². The van der Waals surface area contributed by atoms with Gasteiger partial charge in [0.25, 0.3) is 11.8 Å². The van der Waals surface area contributed by atoms with Crippen LogP contribution in [-0.2, 0) is 6.42 Å². The molecular formula is C35H30N4O5. The Balaban J connectivity index is 1.25. The SMILES string of the molecule is O=C1NCCCOc2ccc(cc2)C2c3ccc(cc3CCN2C(=O)c2ccc(-n3cccn3)cc2)Oc2ccc(O)c1c2. The van der Waals surface area contributed by atoms with Crippen LogP contribution in [0.3, 0.4) is 0 Å². The molecule has 220 valence electrons. The van der Waals surface area contributed by atoms with Crippen molar-refractivity contribution in [3.05, 3.63) is 131 Å². The summed E-state index contributed by atoms with van der Waals surface area (Å²) in [5, 5.41) is 17.4. The van der Waals surface area contributed by atoms with Crippen LogP contribution in [0.15, 0.2) is 103 Å². The van der Waals surface area contributed by atoms with Crippen molar-refractivity contribution in [2.24, 2.45) is 0 Å². The topological polar surface area (TPSA) is 106 Å². The highest BCUT2D eigenvalue weighted by molar-refractivity contribution is 5.97. The second-order valence-electron chi connectivity index (χ2n) is 10.8. The molecule has 44 heavy (non-hydrogen) atoms. The molecule has 4 aromatic carbocycles. The van der Waals surface area contributed by atoms with Gasteiger partial charge in [-0.25, -0.2) is 4.68 Å². The van der Waals surface area contributed by atoms with Crippen molar-refractivity contribution in [1.82, 2.24) is 20.0 Å². The van der Waals surface area contributed by atoms with Gasteiger partial charge in [-0.15, -0.1) is 0 Å². The summed E-state index contributed by atoms with van der Waals surface area (Å²) in [5.41, 5.74) is 4.68. The Kier molecular flexibility index (Phi) is 7.19. The molecule has 0 spiro atoms. The molecule has 2 N–H and O–H groups in total. The van der Waals surface area contributed by atoms with Crippen LogP contribution in [-0.4, -0.2) is 51.3 Å². The number of carbonyl (C=O) groups is 2. The van der Waals surface area contributed by atoms with E-state index < -0.39 is 0 Å². The van der Waals surface area contributed by atoms with Gasteiger partial charge in [-0.2, -0.15) is 5.10 Å². The number of aromatic nitrogens is 2. The van der Waals surface area contributed by atoms with E-state index in [2.05, 4.69) is 10.4 Å². The summed E-state index contributed by atoms with van der Waals surface area (Å²) in [4.78, 5) is 28.7. The fourth-order valence-electron chi connectivity index (χ4n) is 5.79. The Morgan fingerprint density at radius 1 is 0.932 bits per heavy atom. The molecule has 4 aliphatic rings. The molecule has 9 rings (SSSR count). The molecule has 5 heterocycles. The molecule has 0 saturated carbocycles. The van der Waals surface area contributed by atoms with Gasteiger partial charge in [-0.1, -0.05) is 18.2 Å². The molecule has 0 radical (unpaired) electrons. The van der Waals surface area contributed by atoms with Crippen LogP contribution in [0, 0.1) is 0 Å². The van der Waals surface area contributed by atoms with Gasteiger partial charge in [0.2, 0.25) is 0 Å². The molecule has 2 amide bonds. The second-order valence-corrected chi connectivity index (χ2v) is 10.8. The first kappa shape index (κ1) is 27.3. The van der Waals surface area contributed by atoms with Gasteiger partial charge in [0.15, 0.2) is 0 Å². The van der Waals surface area contributed by atoms with Crippen LogP contribution in [0.4, 0.5) is 0 Å². The van der Waals surface area contributed by atoms with E-state index in [1.165, 1.54) is 12.1 Å². The average Bonchev–Trinajstić information content (AvgIpc) is 3.60. The molecule has 8 bridgehead atoms. The fraction of sp³-hybridized carbons (Fsp3) is 0.171. The lowest BCUT2D eigenvalue weighted by Crippen LogP contribution is -2.40. The van der Waals surface area contributed by atoms with Crippen LogP contribution in [0.2, 0.25) is 0 Å². The lowest BCUT2D eigenvalue weighted by atomic mass is 9.87. The number of nitrogens with one attached hydrogen (secondary N) is 1. The Labute approximate surface area is 254 Å². The predicted octanol–water partition coefficient (Wildman–Crippen LogP) is 5.67. The number of phenols is 1. The third-order valence-corrected chi connectivity index (χ3v) is 8.01. The van der Waals surface area contributed by atoms with Gasteiger partial charge in [0, 0.05) is 31.0 Å². The van der Waals surface area contributed by atoms with Crippen LogP contribution in [0.25, 0.3) is 5.69 Å². The van der Waals surface area contributed by atoms with Crippen molar-refractivity contribution in [2.45, 2.75) is 18.9 Å². The summed E-state index contributed by atoms with van der Waals surface area (Å²) in [6, 6.07) is 27.4. The number of rotatable bonds is 2. The summed E-state index contributed by atoms with van der Waals surface area (Å²) in [6.07, 6.45) is 4.81. The quantitative estimate of drug-likeness (QED) is 0.276. The highest BCUT2D eigenvalue weighted by atomic mass is 16.5. The third-order valence-electron chi connectivity index (χ3n) is 8.01. The normalized spacial score (nSPS) is 16.2. The largest absolute Gasteiger partial charge is 0.507 e. The minimum Gasteiger partial charge on any atom is -0.507 e. The zero-order valence-corrected chi connectivity index (χ0v) is 23.8. The molecule has 1 aromatic heterocycles. The number of hydrogen-bond acceptors (Lipinski definition) is 6. The Morgan fingerprint density at radius 3 is 2.50 bits per heavy atom. The van der Waals surface area contributed by atoms with Gasteiger partial charge in [0.05, 0.1) is 23.9 Å². The maximum Gasteiger partial charge on any atom is 0.255 e. The average molecular weight is 587 g/mol. The van der Waals surface area contributed by atoms with E-state index in [1.54, 1.807) is 16.9 Å². The number of aromatic hydroxyl groups is 1. The molecule has 0 aliphatic carbocycles. The van der Waals surface area contributed by atoms with E-state index in [0.29, 0.717) is 55.4 Å². The first-order chi connectivity index (χ1) is 21.5. The predicted molar refractivity (Wildman–Crippen MR) is 164 cm³/mol. The van der Waals surface area contributed by atoms with Gasteiger partial charge in [0.1, 0.15) is 23.0 Å². The summed E-state index contributed by atoms with van der Waals surface area (Å²) >= 11 is 0. The second kappa shape index (κ2) is 11.6. The number of ether oxygens (including phenoxy) is 2. The van der Waals surface area contributed by atoms with Crippen molar-refractivity contribution in [3.63, 3.8) is 0 Å². The molecule has 9 heteroatoms. The van der Waals surface area contributed by atoms with Crippen molar-refractivity contribution >= 4 is 11.8 Å². The van der Waals surface area contributed by atoms with Crippen LogP contribution in [0.5, 0.6) is 23.0 Å². The van der Waals surface area contributed by atoms with Crippen molar-refractivity contribution in [1.29, 1.82) is 0 Å². The van der Waals surface area contributed by atoms with E-state index >= 15 is 0 Å². The van der Waals surface area contributed by atoms with Crippen molar-refractivity contribution in [3.8, 4) is 28.7 Å². The number of amides is 2. The van der Waals surface area contributed by atoms with E-state index in [9.17, 15) is 14.7 Å². The molecule has 0 saturated heterocycles. The van der Waals surface area contributed by atoms with Gasteiger partial charge >= 0.3 is 0 Å². The monoisotopic (exact) mass is 586 g/mol. The molecule has 9 nitrogen and oxygen atoms in total. The Morgan fingerprint density at radius 2 is 1.70 bits per heavy atom. The summed E-state index contributed by atoms with van der Waals surface area (Å²) < 4.78 is 13.8. The van der Waals surface area contributed by atoms with E-state index in [0.717, 1.165) is 22.4 Å². The zero-order valence-electron chi connectivity index (χ0n) is 23.8. The van der Waals surface area contributed by atoms with Gasteiger partial charge in [-0.3, -0.25) is 9.59 Å². The summed E-state index contributed by atoms with van der Waals surface area (Å²) in [5.74, 6) is 1.19. The van der Waals surface area contributed by atoms with E-state index in [4.69, 9.17) is 9.47 Å². The van der Waals surface area contributed by atoms with E-state index in [1.807, 2.05) is 83.9 Å². The number of carbonyl (C=O) groups excluding carboxylic acids is 2. The van der Waals surface area contributed by atoms with Crippen molar-refractivity contribution < 1.29 is 24.2 Å². The molecular weight excluding hydrogens is 556 g/mol. The zero-order chi connectivity index (χ0) is 30.0. The Bertz CT molecular complexity index is 1820. The minimum absolute atomic E-state index is 0.0551. The third kappa shape index (κ3) is 5.35. The maximum atomic E-state index is 14.0. The number of phenolic OH excluding ortho intramolecular Hbond substituents is 1. The van der Waals surface area contributed by atoms with Crippen LogP contribution >= 0.6 is 0 Å². The maximum absolute atomic E-state index is 14.0. The van der Waals surface area contributed by atoms with E-state index in [-0.39, 0.29) is 29.2 Å². The fourth-order valence-corrected chi connectivity index (χ4v) is 5.79. The smallest absolute Gasteiger partial charge is 0.255 e. The summed E-state index contributed by atoms with van der Waals surface area (Å²) in [7, 11) is 0. The molecule has 0 fully saturated rings. The molecule has 1 atom stereocenters. The minimum atomic E-state index is -0.385. The number of hydrogen-bond donors (Lipinski definition) is 2. The highest BCUT2D eigenvalue weighted by Crippen LogP contribution is 2.39.